The first-order chi connectivity index (χ1) is 9.11. The summed E-state index contributed by atoms with van der Waals surface area (Å²) in [6, 6.07) is 1.71. The van der Waals surface area contributed by atoms with Gasteiger partial charge in [-0.2, -0.15) is 0 Å². The first-order valence-electron chi connectivity index (χ1n) is 6.94. The minimum absolute atomic E-state index is 0.0153. The minimum Gasteiger partial charge on any atom is -0.337 e. The molecular weight excluding hydrogens is 240 g/mol. The molecule has 0 aromatic carbocycles. The number of amides is 1. The van der Waals surface area contributed by atoms with Crippen LogP contribution in [0.1, 0.15) is 48.4 Å². The Hall–Kier alpha value is -1.49. The van der Waals surface area contributed by atoms with E-state index in [-0.39, 0.29) is 11.3 Å². The van der Waals surface area contributed by atoms with Crippen LogP contribution in [0, 0.1) is 5.41 Å². The van der Waals surface area contributed by atoms with Gasteiger partial charge in [0.25, 0.3) is 5.91 Å². The lowest BCUT2D eigenvalue weighted by Crippen LogP contribution is -2.35. The number of rotatable bonds is 3. The highest BCUT2D eigenvalue weighted by atomic mass is 16.2. The summed E-state index contributed by atoms with van der Waals surface area (Å²) in [5, 5.41) is 0. The van der Waals surface area contributed by atoms with Crippen molar-refractivity contribution >= 4 is 5.91 Å². The molecule has 19 heavy (non-hydrogen) atoms. The normalized spacial score (nSPS) is 26.7. The lowest BCUT2D eigenvalue weighted by molar-refractivity contribution is 0.0770. The van der Waals surface area contributed by atoms with E-state index in [2.05, 4.69) is 16.9 Å². The molecule has 0 bridgehead atoms. The third kappa shape index (κ3) is 2.47. The van der Waals surface area contributed by atoms with E-state index in [4.69, 9.17) is 5.73 Å². The van der Waals surface area contributed by atoms with E-state index in [1.807, 2.05) is 4.90 Å². The minimum atomic E-state index is 0.0153. The highest BCUT2D eigenvalue weighted by molar-refractivity contribution is 5.92. The fourth-order valence-electron chi connectivity index (χ4n) is 2.56. The van der Waals surface area contributed by atoms with Crippen LogP contribution in [0.25, 0.3) is 0 Å². The van der Waals surface area contributed by atoms with Gasteiger partial charge < -0.3 is 10.6 Å². The first-order valence-corrected chi connectivity index (χ1v) is 6.94. The molecule has 0 radical (unpaired) electrons. The molecule has 2 aliphatic rings. The van der Waals surface area contributed by atoms with Crippen LogP contribution < -0.4 is 5.73 Å². The lowest BCUT2D eigenvalue weighted by Gasteiger charge is -2.22. The van der Waals surface area contributed by atoms with Gasteiger partial charge in [0.1, 0.15) is 11.5 Å². The molecule has 2 fully saturated rings. The highest BCUT2D eigenvalue weighted by Gasteiger charge is 2.36. The maximum Gasteiger partial charge on any atom is 0.272 e. The van der Waals surface area contributed by atoms with Crippen LogP contribution in [0.2, 0.25) is 0 Å². The van der Waals surface area contributed by atoms with Crippen molar-refractivity contribution < 1.29 is 4.79 Å². The molecule has 1 aromatic rings. The average molecular weight is 260 g/mol. The molecular formula is C14H20N4O. The second-order valence-corrected chi connectivity index (χ2v) is 6.07. The molecule has 1 saturated heterocycles. The fourth-order valence-corrected chi connectivity index (χ4v) is 2.56. The number of aromatic nitrogens is 2. The van der Waals surface area contributed by atoms with Crippen LogP contribution in [0.15, 0.2) is 12.3 Å². The average Bonchev–Trinajstić information content (AvgIpc) is 3.22. The van der Waals surface area contributed by atoms with Gasteiger partial charge in [0.15, 0.2) is 0 Å². The van der Waals surface area contributed by atoms with E-state index in [9.17, 15) is 4.79 Å². The van der Waals surface area contributed by atoms with Gasteiger partial charge >= 0.3 is 0 Å². The van der Waals surface area contributed by atoms with Gasteiger partial charge in [-0.15, -0.1) is 0 Å². The summed E-state index contributed by atoms with van der Waals surface area (Å²) < 4.78 is 0. The Labute approximate surface area is 113 Å². The summed E-state index contributed by atoms with van der Waals surface area (Å²) in [5.41, 5.74) is 6.36. The summed E-state index contributed by atoms with van der Waals surface area (Å²) in [6.45, 7) is 4.25. The molecule has 1 aliphatic heterocycles. The van der Waals surface area contributed by atoms with Crippen LogP contribution >= 0.6 is 0 Å². The van der Waals surface area contributed by atoms with E-state index < -0.39 is 0 Å². The maximum atomic E-state index is 12.4. The van der Waals surface area contributed by atoms with Crippen molar-refractivity contribution in [2.24, 2.45) is 11.1 Å². The van der Waals surface area contributed by atoms with E-state index in [0.29, 0.717) is 18.2 Å². The smallest absolute Gasteiger partial charge is 0.272 e. The number of likely N-dealkylation sites (tertiary alicyclic amines) is 1. The van der Waals surface area contributed by atoms with Crippen molar-refractivity contribution in [1.82, 2.24) is 14.9 Å². The summed E-state index contributed by atoms with van der Waals surface area (Å²) in [6.07, 6.45) is 4.96. The maximum absolute atomic E-state index is 12.4. The van der Waals surface area contributed by atoms with Gasteiger partial charge in [0, 0.05) is 25.2 Å². The standard InChI is InChI=1S/C14H20N4O/c1-14(8-15)5-7-18(9-14)13(19)11-4-6-16-12(17-11)10-2-3-10/h4,6,10H,2-3,5,7-9,15H2,1H3. The molecule has 2 N–H and O–H groups in total. The van der Waals surface area contributed by atoms with Crippen molar-refractivity contribution in [2.75, 3.05) is 19.6 Å². The van der Waals surface area contributed by atoms with Crippen LogP contribution in [0.4, 0.5) is 0 Å². The molecule has 5 heteroatoms. The summed E-state index contributed by atoms with van der Waals surface area (Å²) in [4.78, 5) is 23.0. The molecule has 2 heterocycles. The van der Waals surface area contributed by atoms with Crippen molar-refractivity contribution in [3.05, 3.63) is 23.8 Å². The molecule has 1 aliphatic carbocycles. The molecule has 1 amide bonds. The Morgan fingerprint density at radius 2 is 2.37 bits per heavy atom. The van der Waals surface area contributed by atoms with Gasteiger partial charge in [0.2, 0.25) is 0 Å². The first kappa shape index (κ1) is 12.5. The number of carbonyl (C=O) groups is 1. The van der Waals surface area contributed by atoms with Crippen LogP contribution in [0.3, 0.4) is 0 Å². The van der Waals surface area contributed by atoms with Crippen molar-refractivity contribution in [3.8, 4) is 0 Å². The third-order valence-corrected chi connectivity index (χ3v) is 4.17. The predicted molar refractivity (Wildman–Crippen MR) is 71.7 cm³/mol. The zero-order valence-electron chi connectivity index (χ0n) is 11.3. The largest absolute Gasteiger partial charge is 0.337 e. The SMILES string of the molecule is CC1(CN)CCN(C(=O)c2ccnc(C3CC3)n2)C1. The van der Waals surface area contributed by atoms with E-state index in [1.54, 1.807) is 12.3 Å². The molecule has 3 rings (SSSR count). The Bertz CT molecular complexity index is 500. The molecule has 1 atom stereocenters. The number of nitrogens with two attached hydrogens (primary N) is 1. The second-order valence-electron chi connectivity index (χ2n) is 6.07. The monoisotopic (exact) mass is 260 g/mol. The second kappa shape index (κ2) is 4.56. The molecule has 1 aromatic heterocycles. The predicted octanol–water partition coefficient (Wildman–Crippen LogP) is 1.16. The number of hydrogen-bond donors (Lipinski definition) is 1. The summed E-state index contributed by atoms with van der Waals surface area (Å²) in [7, 11) is 0. The number of hydrogen-bond acceptors (Lipinski definition) is 4. The highest BCUT2D eigenvalue weighted by Crippen LogP contribution is 2.38. The third-order valence-electron chi connectivity index (χ3n) is 4.17. The van der Waals surface area contributed by atoms with Gasteiger partial charge in [-0.05, 0) is 37.3 Å². The number of nitrogens with zero attached hydrogens (tertiary/aromatic N) is 3. The van der Waals surface area contributed by atoms with Crippen molar-refractivity contribution in [2.45, 2.75) is 32.1 Å². The molecule has 5 nitrogen and oxygen atoms in total. The molecule has 0 spiro atoms. The molecule has 1 unspecified atom stereocenters. The van der Waals surface area contributed by atoms with Crippen LogP contribution in [-0.4, -0.2) is 40.4 Å². The Balaban J connectivity index is 1.75. The topological polar surface area (TPSA) is 72.1 Å². The van der Waals surface area contributed by atoms with Gasteiger partial charge in [-0.3, -0.25) is 4.79 Å². The van der Waals surface area contributed by atoms with Crippen LogP contribution in [-0.2, 0) is 0 Å². The lowest BCUT2D eigenvalue weighted by atomic mass is 9.90. The van der Waals surface area contributed by atoms with Gasteiger partial charge in [-0.1, -0.05) is 6.92 Å². The van der Waals surface area contributed by atoms with Crippen molar-refractivity contribution in [1.29, 1.82) is 0 Å². The Morgan fingerprint density at radius 1 is 1.58 bits per heavy atom. The number of carbonyl (C=O) groups excluding carboxylic acids is 1. The van der Waals surface area contributed by atoms with Crippen molar-refractivity contribution in [3.63, 3.8) is 0 Å². The zero-order valence-corrected chi connectivity index (χ0v) is 11.3. The Kier molecular flexibility index (Phi) is 3.01. The van der Waals surface area contributed by atoms with Gasteiger partial charge in [-0.25, -0.2) is 9.97 Å². The molecule has 1 saturated carbocycles. The quantitative estimate of drug-likeness (QED) is 0.885. The zero-order chi connectivity index (χ0) is 13.5. The fraction of sp³-hybridized carbons (Fsp3) is 0.643. The van der Waals surface area contributed by atoms with Gasteiger partial charge in [0.05, 0.1) is 0 Å². The van der Waals surface area contributed by atoms with E-state index >= 15 is 0 Å². The molecule has 102 valence electrons. The Morgan fingerprint density at radius 3 is 3.00 bits per heavy atom. The van der Waals surface area contributed by atoms with E-state index in [0.717, 1.165) is 38.2 Å². The summed E-state index contributed by atoms with van der Waals surface area (Å²) in [5.74, 6) is 1.31. The van der Waals surface area contributed by atoms with E-state index in [1.165, 1.54) is 0 Å². The summed E-state index contributed by atoms with van der Waals surface area (Å²) >= 11 is 0. The van der Waals surface area contributed by atoms with Crippen LogP contribution in [0.5, 0.6) is 0 Å².